The number of ether oxygens (including phenoxy) is 2. The molecule has 0 bridgehead atoms. The molecule has 0 aromatic heterocycles. The fraction of sp³-hybridized carbons (Fsp3) is 0.273. The van der Waals surface area contributed by atoms with Gasteiger partial charge in [-0.1, -0.05) is 32.4 Å². The lowest BCUT2D eigenvalue weighted by Gasteiger charge is -2.07. The van der Waals surface area contributed by atoms with Crippen LogP contribution < -0.4 is 4.74 Å². The molecule has 4 nitrogen and oxygen atoms in total. The summed E-state index contributed by atoms with van der Waals surface area (Å²) in [5.41, 5.74) is 2.77. The topological polar surface area (TPSA) is 47.9 Å². The Labute approximate surface area is 155 Å². The molecule has 0 aliphatic carbocycles. The first-order valence-electron chi connectivity index (χ1n) is 8.73. The van der Waals surface area contributed by atoms with Gasteiger partial charge < -0.3 is 9.47 Å². The molecular weight excluding hydrogens is 326 g/mol. The van der Waals surface area contributed by atoms with Gasteiger partial charge >= 0.3 is 5.97 Å². The maximum atomic E-state index is 11.7. The van der Waals surface area contributed by atoms with Crippen molar-refractivity contribution in [3.63, 3.8) is 0 Å². The highest BCUT2D eigenvalue weighted by Crippen LogP contribution is 2.15. The Hall–Kier alpha value is -2.88. The highest BCUT2D eigenvalue weighted by atomic mass is 16.5. The molecule has 2 aromatic rings. The maximum Gasteiger partial charge on any atom is 0.330 e. The summed E-state index contributed by atoms with van der Waals surface area (Å²) in [6, 6.07) is 15.3. The van der Waals surface area contributed by atoms with Crippen molar-refractivity contribution < 1.29 is 14.3 Å². The van der Waals surface area contributed by atoms with Crippen molar-refractivity contribution in [3.05, 3.63) is 65.7 Å². The fourth-order valence-electron chi connectivity index (χ4n) is 2.07. The standard InChI is InChI=1S/C22H25NO3/c1-4-17(2)16-26-22(24)14-9-18-5-10-20(11-6-18)23-15-19-7-12-21(25-3)13-8-19/h5-15,17H,4,16H2,1-3H3/b14-9+,23-15+. The molecule has 1 unspecified atom stereocenters. The molecule has 0 N–H and O–H groups in total. The molecule has 0 saturated heterocycles. The van der Waals surface area contributed by atoms with E-state index in [-0.39, 0.29) is 5.97 Å². The second-order valence-corrected chi connectivity index (χ2v) is 6.10. The van der Waals surface area contributed by atoms with E-state index in [9.17, 15) is 4.79 Å². The van der Waals surface area contributed by atoms with Crippen LogP contribution in [0.1, 0.15) is 31.4 Å². The minimum atomic E-state index is -0.313. The highest BCUT2D eigenvalue weighted by Gasteiger charge is 2.02. The summed E-state index contributed by atoms with van der Waals surface area (Å²) in [6.07, 6.45) is 6.00. The third-order valence-electron chi connectivity index (χ3n) is 3.99. The number of rotatable bonds is 8. The Bertz CT molecular complexity index is 746. The summed E-state index contributed by atoms with van der Waals surface area (Å²) >= 11 is 0. The molecule has 0 aliphatic heterocycles. The predicted octanol–water partition coefficient (Wildman–Crippen LogP) is 5.05. The monoisotopic (exact) mass is 351 g/mol. The SMILES string of the molecule is CCC(C)COC(=O)/C=C/c1ccc(/N=C/c2ccc(OC)cc2)cc1. The summed E-state index contributed by atoms with van der Waals surface area (Å²) in [4.78, 5) is 16.1. The molecule has 0 radical (unpaired) electrons. The number of hydrogen-bond donors (Lipinski definition) is 0. The number of esters is 1. The van der Waals surface area contributed by atoms with Crippen LogP contribution in [0.2, 0.25) is 0 Å². The van der Waals surface area contributed by atoms with Crippen molar-refractivity contribution >= 4 is 23.9 Å². The van der Waals surface area contributed by atoms with E-state index in [0.29, 0.717) is 12.5 Å². The van der Waals surface area contributed by atoms with Crippen molar-refractivity contribution in [3.8, 4) is 5.75 Å². The number of aliphatic imine (C=N–C) groups is 1. The molecule has 0 aliphatic rings. The van der Waals surface area contributed by atoms with Gasteiger partial charge in [0, 0.05) is 12.3 Å². The Morgan fingerprint density at radius 2 is 1.73 bits per heavy atom. The van der Waals surface area contributed by atoms with E-state index < -0.39 is 0 Å². The van der Waals surface area contributed by atoms with Crippen LogP contribution in [0, 0.1) is 5.92 Å². The van der Waals surface area contributed by atoms with Gasteiger partial charge in [0.15, 0.2) is 0 Å². The van der Waals surface area contributed by atoms with E-state index in [1.54, 1.807) is 19.4 Å². The Balaban J connectivity index is 1.89. The predicted molar refractivity (Wildman–Crippen MR) is 106 cm³/mol. The smallest absolute Gasteiger partial charge is 0.330 e. The lowest BCUT2D eigenvalue weighted by Crippen LogP contribution is -2.08. The Morgan fingerprint density at radius 1 is 1.08 bits per heavy atom. The van der Waals surface area contributed by atoms with Crippen molar-refractivity contribution in [1.82, 2.24) is 0 Å². The molecule has 1 atom stereocenters. The minimum absolute atomic E-state index is 0.313. The first-order valence-corrected chi connectivity index (χ1v) is 8.73. The Kier molecular flexibility index (Phi) is 7.62. The van der Waals surface area contributed by atoms with Gasteiger partial charge in [-0.25, -0.2) is 4.79 Å². The zero-order valence-electron chi connectivity index (χ0n) is 15.5. The molecule has 4 heteroatoms. The fourth-order valence-corrected chi connectivity index (χ4v) is 2.07. The second kappa shape index (κ2) is 10.2. The molecule has 136 valence electrons. The average Bonchev–Trinajstić information content (AvgIpc) is 2.70. The van der Waals surface area contributed by atoms with E-state index in [2.05, 4.69) is 18.8 Å². The van der Waals surface area contributed by atoms with Gasteiger partial charge in [-0.3, -0.25) is 4.99 Å². The van der Waals surface area contributed by atoms with E-state index in [4.69, 9.17) is 9.47 Å². The van der Waals surface area contributed by atoms with Gasteiger partial charge in [-0.2, -0.15) is 0 Å². The summed E-state index contributed by atoms with van der Waals surface area (Å²) in [5, 5.41) is 0. The summed E-state index contributed by atoms with van der Waals surface area (Å²) in [6.45, 7) is 4.59. The molecule has 2 rings (SSSR count). The Morgan fingerprint density at radius 3 is 2.35 bits per heavy atom. The number of hydrogen-bond acceptors (Lipinski definition) is 4. The summed E-state index contributed by atoms with van der Waals surface area (Å²) < 4.78 is 10.3. The number of carbonyl (C=O) groups is 1. The molecule has 0 spiro atoms. The van der Waals surface area contributed by atoms with Crippen LogP contribution in [0.5, 0.6) is 5.75 Å². The van der Waals surface area contributed by atoms with E-state index in [1.807, 2.05) is 48.5 Å². The van der Waals surface area contributed by atoms with Crippen molar-refractivity contribution in [2.75, 3.05) is 13.7 Å². The quantitative estimate of drug-likeness (QED) is 0.380. The van der Waals surface area contributed by atoms with Gasteiger partial charge in [-0.15, -0.1) is 0 Å². The van der Waals surface area contributed by atoms with Crippen LogP contribution in [0.25, 0.3) is 6.08 Å². The highest BCUT2D eigenvalue weighted by molar-refractivity contribution is 5.87. The minimum Gasteiger partial charge on any atom is -0.497 e. The molecule has 0 fully saturated rings. The van der Waals surface area contributed by atoms with E-state index >= 15 is 0 Å². The van der Waals surface area contributed by atoms with Crippen LogP contribution in [0.3, 0.4) is 0 Å². The average molecular weight is 351 g/mol. The van der Waals surface area contributed by atoms with Gasteiger partial charge in [0.2, 0.25) is 0 Å². The number of benzene rings is 2. The zero-order chi connectivity index (χ0) is 18.8. The van der Waals surface area contributed by atoms with E-state index in [1.165, 1.54) is 6.08 Å². The summed E-state index contributed by atoms with van der Waals surface area (Å²) in [7, 11) is 1.64. The van der Waals surface area contributed by atoms with Crippen molar-refractivity contribution in [2.45, 2.75) is 20.3 Å². The second-order valence-electron chi connectivity index (χ2n) is 6.10. The van der Waals surface area contributed by atoms with Gasteiger partial charge in [0.1, 0.15) is 5.75 Å². The number of nitrogens with zero attached hydrogens (tertiary/aromatic N) is 1. The van der Waals surface area contributed by atoms with Crippen molar-refractivity contribution in [2.24, 2.45) is 10.9 Å². The number of methoxy groups -OCH3 is 1. The molecule has 0 amide bonds. The molecule has 26 heavy (non-hydrogen) atoms. The molecule has 0 saturated carbocycles. The third kappa shape index (κ3) is 6.55. The van der Waals surface area contributed by atoms with E-state index in [0.717, 1.165) is 29.0 Å². The molecule has 2 aromatic carbocycles. The van der Waals surface area contributed by atoms with Crippen LogP contribution in [0.15, 0.2) is 59.6 Å². The first kappa shape index (κ1) is 19.4. The summed E-state index contributed by atoms with van der Waals surface area (Å²) in [5.74, 6) is 0.892. The van der Waals surface area contributed by atoms with Crippen LogP contribution in [-0.2, 0) is 9.53 Å². The number of carbonyl (C=O) groups excluding carboxylic acids is 1. The van der Waals surface area contributed by atoms with Crippen LogP contribution >= 0.6 is 0 Å². The van der Waals surface area contributed by atoms with Gasteiger partial charge in [-0.05, 0) is 59.5 Å². The molecular formula is C22H25NO3. The van der Waals surface area contributed by atoms with Gasteiger partial charge in [0.05, 0.1) is 19.4 Å². The third-order valence-corrected chi connectivity index (χ3v) is 3.99. The lowest BCUT2D eigenvalue weighted by atomic mass is 10.1. The molecule has 0 heterocycles. The lowest BCUT2D eigenvalue weighted by molar-refractivity contribution is -0.138. The first-order chi connectivity index (χ1) is 12.6. The van der Waals surface area contributed by atoms with Crippen LogP contribution in [-0.4, -0.2) is 25.9 Å². The van der Waals surface area contributed by atoms with Gasteiger partial charge in [0.25, 0.3) is 0 Å². The van der Waals surface area contributed by atoms with Crippen molar-refractivity contribution in [1.29, 1.82) is 0 Å². The zero-order valence-corrected chi connectivity index (χ0v) is 15.5. The maximum absolute atomic E-state index is 11.7. The normalized spacial score (nSPS) is 12.4. The van der Waals surface area contributed by atoms with Crippen LogP contribution in [0.4, 0.5) is 5.69 Å². The largest absolute Gasteiger partial charge is 0.497 e.